The van der Waals surface area contributed by atoms with Crippen molar-refractivity contribution in [2.75, 3.05) is 0 Å². The van der Waals surface area contributed by atoms with Crippen LogP contribution in [-0.2, 0) is 11.3 Å². The van der Waals surface area contributed by atoms with E-state index in [0.717, 1.165) is 29.7 Å². The maximum absolute atomic E-state index is 10.1. The van der Waals surface area contributed by atoms with E-state index < -0.39 is 0 Å². The monoisotopic (exact) mass is 217 g/mol. The molecule has 16 heavy (non-hydrogen) atoms. The van der Waals surface area contributed by atoms with Crippen LogP contribution in [0.4, 0.5) is 0 Å². The molecular weight excluding hydrogens is 202 g/mol. The Hall–Kier alpha value is -1.60. The lowest BCUT2D eigenvalue weighted by Gasteiger charge is -2.27. The van der Waals surface area contributed by atoms with Gasteiger partial charge in [0.2, 0.25) is 6.08 Å². The van der Waals surface area contributed by atoms with Gasteiger partial charge in [0, 0.05) is 5.56 Å². The van der Waals surface area contributed by atoms with Crippen LogP contribution in [0.3, 0.4) is 0 Å². The van der Waals surface area contributed by atoms with E-state index in [0.29, 0.717) is 12.6 Å². The molecule has 0 spiro atoms. The molecule has 84 valence electrons. The molecule has 0 atom stereocenters. The fraction of sp³-hybridized carbons (Fsp3) is 0.462. The fourth-order valence-corrected chi connectivity index (χ4v) is 1.73. The summed E-state index contributed by atoms with van der Waals surface area (Å²) >= 11 is 0. The van der Waals surface area contributed by atoms with Crippen molar-refractivity contribution < 1.29 is 9.53 Å². The zero-order valence-electron chi connectivity index (χ0n) is 9.40. The maximum Gasteiger partial charge on any atom is 0.235 e. The molecule has 3 heteroatoms. The van der Waals surface area contributed by atoms with Gasteiger partial charge >= 0.3 is 0 Å². The van der Waals surface area contributed by atoms with Crippen molar-refractivity contribution in [1.82, 2.24) is 0 Å². The number of carbonyl (C=O) groups excluding carboxylic acids is 1. The fourth-order valence-electron chi connectivity index (χ4n) is 1.73. The highest BCUT2D eigenvalue weighted by Gasteiger charge is 2.20. The van der Waals surface area contributed by atoms with Crippen LogP contribution in [-0.4, -0.2) is 12.2 Å². The van der Waals surface area contributed by atoms with Gasteiger partial charge in [-0.2, -0.15) is 0 Å². The molecule has 2 rings (SSSR count). The van der Waals surface area contributed by atoms with E-state index in [1.807, 2.05) is 25.1 Å². The molecule has 0 amide bonds. The second-order valence-electron chi connectivity index (χ2n) is 4.19. The molecule has 1 fully saturated rings. The van der Waals surface area contributed by atoms with E-state index in [4.69, 9.17) is 4.74 Å². The molecule has 0 aromatic heterocycles. The Morgan fingerprint density at radius 3 is 2.94 bits per heavy atom. The number of rotatable bonds is 4. The number of hydrogen-bond acceptors (Lipinski definition) is 3. The molecule has 0 heterocycles. The molecule has 1 aliphatic carbocycles. The van der Waals surface area contributed by atoms with Crippen LogP contribution in [0.1, 0.15) is 30.4 Å². The van der Waals surface area contributed by atoms with Crippen molar-refractivity contribution in [3.63, 3.8) is 0 Å². The quantitative estimate of drug-likeness (QED) is 0.574. The van der Waals surface area contributed by atoms with Crippen LogP contribution in [0, 0.1) is 6.92 Å². The molecule has 1 aliphatic rings. The summed E-state index contributed by atoms with van der Waals surface area (Å²) in [5.74, 6) is 0.856. The lowest BCUT2D eigenvalue weighted by Crippen LogP contribution is -2.25. The average molecular weight is 217 g/mol. The van der Waals surface area contributed by atoms with Crippen molar-refractivity contribution in [2.24, 2.45) is 4.99 Å². The first kappa shape index (κ1) is 10.9. The molecule has 1 saturated carbocycles. The van der Waals surface area contributed by atoms with Crippen molar-refractivity contribution in [3.05, 3.63) is 29.3 Å². The Bertz CT molecular complexity index is 418. The molecule has 0 saturated heterocycles. The third-order valence-electron chi connectivity index (χ3n) is 2.88. The van der Waals surface area contributed by atoms with E-state index >= 15 is 0 Å². The summed E-state index contributed by atoms with van der Waals surface area (Å²) in [5, 5.41) is 0. The normalized spacial score (nSPS) is 15.1. The Labute approximate surface area is 95.2 Å². The number of isocyanates is 1. The molecule has 1 aromatic carbocycles. The van der Waals surface area contributed by atoms with Crippen LogP contribution in [0.2, 0.25) is 0 Å². The van der Waals surface area contributed by atoms with Crippen LogP contribution in [0.25, 0.3) is 0 Å². The minimum atomic E-state index is 0.349. The predicted molar refractivity (Wildman–Crippen MR) is 61.3 cm³/mol. The standard InChI is InChI=1S/C13H15NO2/c1-10-5-6-13(16-12-3-2-4-12)11(7-10)8-14-9-15/h5-7,12H,2-4,8H2,1H3. The largest absolute Gasteiger partial charge is 0.490 e. The van der Waals surface area contributed by atoms with Gasteiger partial charge in [-0.05, 0) is 32.3 Å². The van der Waals surface area contributed by atoms with E-state index in [1.165, 1.54) is 6.42 Å². The second-order valence-corrected chi connectivity index (χ2v) is 4.19. The van der Waals surface area contributed by atoms with Crippen molar-refractivity contribution in [3.8, 4) is 5.75 Å². The van der Waals surface area contributed by atoms with Crippen molar-refractivity contribution in [1.29, 1.82) is 0 Å². The Morgan fingerprint density at radius 2 is 2.31 bits per heavy atom. The van der Waals surface area contributed by atoms with Gasteiger partial charge in [-0.25, -0.2) is 9.79 Å². The Kier molecular flexibility index (Phi) is 3.37. The first-order valence-corrected chi connectivity index (χ1v) is 5.59. The number of benzene rings is 1. The molecule has 1 aromatic rings. The van der Waals surface area contributed by atoms with Gasteiger partial charge in [0.25, 0.3) is 0 Å². The summed E-state index contributed by atoms with van der Waals surface area (Å²) in [6, 6.07) is 5.99. The molecule has 0 radical (unpaired) electrons. The van der Waals surface area contributed by atoms with Gasteiger partial charge in [-0.15, -0.1) is 0 Å². The first-order valence-electron chi connectivity index (χ1n) is 5.59. The lowest BCUT2D eigenvalue weighted by molar-refractivity contribution is 0.119. The molecule has 0 bridgehead atoms. The van der Waals surface area contributed by atoms with E-state index in [9.17, 15) is 4.79 Å². The number of nitrogens with zero attached hydrogens (tertiary/aromatic N) is 1. The third-order valence-corrected chi connectivity index (χ3v) is 2.88. The minimum Gasteiger partial charge on any atom is -0.490 e. The third kappa shape index (κ3) is 2.50. The Morgan fingerprint density at radius 1 is 1.50 bits per heavy atom. The molecule has 0 N–H and O–H groups in total. The second kappa shape index (κ2) is 4.95. The van der Waals surface area contributed by atoms with Gasteiger partial charge < -0.3 is 4.74 Å². The molecule has 0 unspecified atom stereocenters. The van der Waals surface area contributed by atoms with Gasteiger partial charge in [-0.3, -0.25) is 0 Å². The highest BCUT2D eigenvalue weighted by molar-refractivity contribution is 5.39. The van der Waals surface area contributed by atoms with E-state index in [-0.39, 0.29) is 0 Å². The summed E-state index contributed by atoms with van der Waals surface area (Å²) < 4.78 is 5.84. The number of aryl methyl sites for hydroxylation is 1. The number of hydrogen-bond donors (Lipinski definition) is 0. The highest BCUT2D eigenvalue weighted by Crippen LogP contribution is 2.28. The van der Waals surface area contributed by atoms with Crippen LogP contribution in [0.5, 0.6) is 5.75 Å². The predicted octanol–water partition coefficient (Wildman–Crippen LogP) is 2.76. The van der Waals surface area contributed by atoms with Gasteiger partial charge in [0.1, 0.15) is 5.75 Å². The SMILES string of the molecule is Cc1ccc(OC2CCC2)c(CN=C=O)c1. The maximum atomic E-state index is 10.1. The highest BCUT2D eigenvalue weighted by atomic mass is 16.5. The van der Waals surface area contributed by atoms with Gasteiger partial charge in [0.05, 0.1) is 12.6 Å². The van der Waals surface area contributed by atoms with Crippen molar-refractivity contribution >= 4 is 6.08 Å². The summed E-state index contributed by atoms with van der Waals surface area (Å²) in [6.45, 7) is 2.37. The summed E-state index contributed by atoms with van der Waals surface area (Å²) in [5.41, 5.74) is 2.12. The molecule has 0 aliphatic heterocycles. The summed E-state index contributed by atoms with van der Waals surface area (Å²) in [4.78, 5) is 13.7. The topological polar surface area (TPSA) is 38.7 Å². The molecular formula is C13H15NO2. The van der Waals surface area contributed by atoms with Gasteiger partial charge in [0.15, 0.2) is 0 Å². The first-order chi connectivity index (χ1) is 7.79. The van der Waals surface area contributed by atoms with Crippen molar-refractivity contribution in [2.45, 2.75) is 38.8 Å². The minimum absolute atomic E-state index is 0.349. The smallest absolute Gasteiger partial charge is 0.235 e. The zero-order valence-corrected chi connectivity index (χ0v) is 9.40. The average Bonchev–Trinajstić information content (AvgIpc) is 2.22. The Balaban J connectivity index is 2.16. The number of aliphatic imine (C=N–C) groups is 1. The summed E-state index contributed by atoms with van der Waals surface area (Å²) in [7, 11) is 0. The zero-order chi connectivity index (χ0) is 11.4. The van der Waals surface area contributed by atoms with Crippen LogP contribution < -0.4 is 4.74 Å². The van der Waals surface area contributed by atoms with Crippen LogP contribution >= 0.6 is 0 Å². The number of ether oxygens (including phenoxy) is 1. The molecule has 3 nitrogen and oxygen atoms in total. The van der Waals surface area contributed by atoms with Gasteiger partial charge in [-0.1, -0.05) is 17.7 Å². The van der Waals surface area contributed by atoms with E-state index in [1.54, 1.807) is 6.08 Å². The lowest BCUT2D eigenvalue weighted by atomic mass is 9.96. The summed E-state index contributed by atoms with van der Waals surface area (Å²) in [6.07, 6.45) is 5.42. The van der Waals surface area contributed by atoms with Crippen LogP contribution in [0.15, 0.2) is 23.2 Å². The van der Waals surface area contributed by atoms with E-state index in [2.05, 4.69) is 4.99 Å².